The highest BCUT2D eigenvalue weighted by atomic mass is 16.3. The van der Waals surface area contributed by atoms with Crippen molar-refractivity contribution in [1.29, 1.82) is 0 Å². The average Bonchev–Trinajstić information content (AvgIpc) is 1.05. The summed E-state index contributed by atoms with van der Waals surface area (Å²) in [7, 11) is 1.48. The Hall–Kier alpha value is -10.6. The number of aromatic hydroxyl groups is 1. The molecule has 0 unspecified atom stereocenters. The van der Waals surface area contributed by atoms with Crippen LogP contribution in [-0.4, -0.2) is 159 Å². The first kappa shape index (κ1) is 70.5. The molecule has 29 nitrogen and oxygen atoms in total. The van der Waals surface area contributed by atoms with E-state index < -0.39 is 126 Å². The molecule has 0 spiro atoms. The van der Waals surface area contributed by atoms with E-state index in [4.69, 9.17) is 17.2 Å². The maximum atomic E-state index is 14.5. The van der Waals surface area contributed by atoms with E-state index in [2.05, 4.69) is 63.4 Å². The van der Waals surface area contributed by atoms with Crippen molar-refractivity contribution in [2.24, 2.45) is 28.1 Å². The number of phenolic OH excluding ortho intramolecular Hbond substituents is 1. The number of aromatic amines is 1. The minimum atomic E-state index is -1.88. The Morgan fingerprint density at radius 2 is 1.24 bits per heavy atom. The zero-order valence-corrected chi connectivity index (χ0v) is 51.7. The summed E-state index contributed by atoms with van der Waals surface area (Å²) in [4.78, 5) is 160. The van der Waals surface area contributed by atoms with Crippen molar-refractivity contribution in [3.63, 3.8) is 0 Å². The molecule has 1 aliphatic heterocycles. The number of nitrogens with two attached hydrogens (primary N) is 3. The lowest BCUT2D eigenvalue weighted by Crippen LogP contribution is -2.63. The second-order valence-electron chi connectivity index (χ2n) is 22.8. The summed E-state index contributed by atoms with van der Waals surface area (Å²) in [6.07, 6.45) is -0.827. The van der Waals surface area contributed by atoms with Crippen molar-refractivity contribution in [3.05, 3.63) is 137 Å². The van der Waals surface area contributed by atoms with Gasteiger partial charge in [-0.05, 0) is 78.1 Å². The quantitative estimate of drug-likeness (QED) is 0.0109. The zero-order chi connectivity index (χ0) is 67.2. The van der Waals surface area contributed by atoms with Gasteiger partial charge < -0.3 is 79.8 Å². The Kier molecular flexibility index (Phi) is 25.9. The molecule has 19 N–H and O–H groups in total. The Bertz CT molecular complexity index is 3470. The second kappa shape index (κ2) is 33.8. The fourth-order valence-electron chi connectivity index (χ4n) is 10.4. The third-order valence-corrected chi connectivity index (χ3v) is 15.1. The van der Waals surface area contributed by atoms with Crippen LogP contribution in [-0.2, 0) is 80.2 Å². The van der Waals surface area contributed by atoms with Crippen molar-refractivity contribution in [3.8, 4) is 5.75 Å². The Morgan fingerprint density at radius 3 is 1.89 bits per heavy atom. The van der Waals surface area contributed by atoms with Crippen molar-refractivity contribution in [2.75, 3.05) is 13.6 Å². The van der Waals surface area contributed by atoms with E-state index in [1.165, 1.54) is 31.0 Å². The number of nitrogens with zero attached hydrogens (tertiary/aromatic N) is 2. The standard InChI is InChI=1S/C63H82N16O13/c1-34(2)26-47(56(86)71-45(20-13-25-68-62(66)67-5)55(85)72-46(54(65)84)29-41-32-69-44-19-12-11-18-43(41)44)75-63(92)78-77-58(88)48(27-37-14-7-6-8-15-37)74-60(90)53(35(3)80)76-57(87)49(31-52(64)83)73-59(89)51-30-39-16-9-10-17-40(39)33-79(51)61(91)50(70-36(4)81)28-38-21-23-42(82)24-22-38/h6-12,14-19,21-24,32,34-35,45-51,53,69,80,82H,13,20,25-31,33H2,1-5H3,(H2,64,83)(H2,65,84)(H,70,81)(H,71,86)(H,72,85)(H,73,89)(H,74,90)(H,76,87)(H,77,88)(H3,66,67,68)(H2,75,78,92)/t35-,45+,46+,47+,48+,49+,50-,51+,53+/m1/s1. The van der Waals surface area contributed by atoms with Gasteiger partial charge in [-0.3, -0.25) is 58.4 Å². The first-order valence-electron chi connectivity index (χ1n) is 29.9. The lowest BCUT2D eigenvalue weighted by atomic mass is 9.92. The third kappa shape index (κ3) is 21.0. The van der Waals surface area contributed by atoms with E-state index in [1.54, 1.807) is 86.8 Å². The number of amides is 12. The molecule has 4 aromatic carbocycles. The van der Waals surface area contributed by atoms with Crippen LogP contribution in [0.2, 0.25) is 0 Å². The predicted octanol–water partition coefficient (Wildman–Crippen LogP) is -1.42. The van der Waals surface area contributed by atoms with Gasteiger partial charge in [0.2, 0.25) is 53.2 Å². The Morgan fingerprint density at radius 1 is 0.630 bits per heavy atom. The summed E-state index contributed by atoms with van der Waals surface area (Å²) in [6.45, 7) is 6.05. The fourth-order valence-corrected chi connectivity index (χ4v) is 10.4. The molecule has 2 heterocycles. The Labute approximate surface area is 530 Å². The number of carbonyl (C=O) groups excluding carboxylic acids is 11. The van der Waals surface area contributed by atoms with Crippen LogP contribution in [0.25, 0.3) is 10.9 Å². The highest BCUT2D eigenvalue weighted by Gasteiger charge is 2.41. The number of phenols is 1. The van der Waals surface area contributed by atoms with Gasteiger partial charge in [-0.1, -0.05) is 98.8 Å². The largest absolute Gasteiger partial charge is 0.508 e. The van der Waals surface area contributed by atoms with Crippen LogP contribution in [0.4, 0.5) is 4.79 Å². The summed E-state index contributed by atoms with van der Waals surface area (Å²) in [5, 5.41) is 42.5. The zero-order valence-electron chi connectivity index (χ0n) is 51.7. The van der Waals surface area contributed by atoms with E-state index in [9.17, 15) is 63.0 Å². The molecule has 5 aromatic rings. The molecule has 1 aromatic heterocycles. The SMILES string of the molecule is CN=C(N)NCCC[C@H](NC(=O)[C@H](CC(C)C)NC(=O)NNC(=O)[C@H](Cc1ccccc1)NC(=O)[C@@H](NC(=O)[C@H](CC(N)=O)NC(=O)[C@@H]1Cc2ccccc2CN1C(=O)[C@@H](Cc1ccc(O)cc1)NC(C)=O)[C@@H](C)O)C(=O)N[C@@H](Cc1c[nH]c2ccccc12)C(N)=O. The number of hydrazine groups is 1. The number of aliphatic hydroxyl groups excluding tert-OH is 1. The number of primary amides is 2. The number of H-pyrrole nitrogens is 1. The molecular weight excluding hydrogens is 1190 g/mol. The highest BCUT2D eigenvalue weighted by molar-refractivity contribution is 5.99. The third-order valence-electron chi connectivity index (χ3n) is 15.1. The molecule has 0 fully saturated rings. The summed E-state index contributed by atoms with van der Waals surface area (Å²) in [6, 6.07) is 16.0. The van der Waals surface area contributed by atoms with E-state index in [0.717, 1.165) is 17.8 Å². The summed E-state index contributed by atoms with van der Waals surface area (Å²) in [5.41, 5.74) is 25.6. The normalized spacial score (nSPS) is 15.4. The number of rotatable bonds is 30. The molecule has 0 bridgehead atoms. The molecule has 6 rings (SSSR count). The summed E-state index contributed by atoms with van der Waals surface area (Å²) < 4.78 is 0. The molecule has 492 valence electrons. The molecule has 9 atom stereocenters. The van der Waals surface area contributed by atoms with Gasteiger partial charge in [0.15, 0.2) is 5.96 Å². The second-order valence-corrected chi connectivity index (χ2v) is 22.8. The maximum Gasteiger partial charge on any atom is 0.334 e. The van der Waals surface area contributed by atoms with Crippen molar-refractivity contribution in [1.82, 2.24) is 63.3 Å². The van der Waals surface area contributed by atoms with Gasteiger partial charge in [0, 0.05) is 69.8 Å². The number of hydrogen-bond donors (Lipinski definition) is 16. The minimum absolute atomic E-state index is 0.0162. The molecule has 92 heavy (non-hydrogen) atoms. The van der Waals surface area contributed by atoms with Crippen LogP contribution >= 0.6 is 0 Å². The monoisotopic (exact) mass is 1270 g/mol. The fraction of sp³-hybridized carbons (Fsp3) is 0.397. The minimum Gasteiger partial charge on any atom is -0.508 e. The van der Waals surface area contributed by atoms with Gasteiger partial charge in [-0.15, -0.1) is 0 Å². The van der Waals surface area contributed by atoms with Gasteiger partial charge in [-0.25, -0.2) is 10.2 Å². The van der Waals surface area contributed by atoms with Crippen molar-refractivity contribution < 1.29 is 63.0 Å². The van der Waals surface area contributed by atoms with Gasteiger partial charge in [0.05, 0.1) is 12.5 Å². The topological polar surface area (TPSA) is 458 Å². The molecule has 0 saturated heterocycles. The Balaban J connectivity index is 1.15. The number of hydrogen-bond acceptors (Lipinski definition) is 14. The number of aliphatic imine (C=N–C) groups is 1. The van der Waals surface area contributed by atoms with E-state index in [-0.39, 0.29) is 75.7 Å². The first-order valence-corrected chi connectivity index (χ1v) is 29.9. The average molecular weight is 1270 g/mol. The predicted molar refractivity (Wildman–Crippen MR) is 338 cm³/mol. The first-order chi connectivity index (χ1) is 43.8. The van der Waals surface area contributed by atoms with Crippen molar-refractivity contribution >= 4 is 82.0 Å². The number of carbonyl (C=O) groups is 11. The van der Waals surface area contributed by atoms with Crippen LogP contribution in [0, 0.1) is 5.92 Å². The molecule has 12 amide bonds. The number of benzene rings is 4. The number of fused-ring (bicyclic) bond motifs is 2. The molecule has 29 heteroatoms. The smallest absolute Gasteiger partial charge is 0.334 e. The van der Waals surface area contributed by atoms with Crippen LogP contribution in [0.15, 0.2) is 114 Å². The number of aromatic nitrogens is 1. The van der Waals surface area contributed by atoms with Gasteiger partial charge in [-0.2, -0.15) is 0 Å². The van der Waals surface area contributed by atoms with E-state index >= 15 is 0 Å². The van der Waals surface area contributed by atoms with Crippen LogP contribution < -0.4 is 70.6 Å². The molecule has 1 aliphatic rings. The summed E-state index contributed by atoms with van der Waals surface area (Å²) in [5.74, 6) is -9.03. The van der Waals surface area contributed by atoms with Gasteiger partial charge in [0.25, 0.3) is 5.91 Å². The highest BCUT2D eigenvalue weighted by Crippen LogP contribution is 2.26. The number of nitrogens with one attached hydrogen (secondary N) is 11. The van der Waals surface area contributed by atoms with E-state index in [0.29, 0.717) is 27.8 Å². The van der Waals surface area contributed by atoms with Crippen LogP contribution in [0.5, 0.6) is 5.75 Å². The summed E-state index contributed by atoms with van der Waals surface area (Å²) >= 11 is 0. The number of aliphatic hydroxyl groups is 1. The lowest BCUT2D eigenvalue weighted by molar-refractivity contribution is -0.145. The van der Waals surface area contributed by atoms with Gasteiger partial charge in [0.1, 0.15) is 54.1 Å². The molecule has 0 radical (unpaired) electrons. The van der Waals surface area contributed by atoms with Crippen molar-refractivity contribution in [2.45, 2.75) is 140 Å². The molecule has 0 aliphatic carbocycles. The van der Waals surface area contributed by atoms with Crippen LogP contribution in [0.3, 0.4) is 0 Å². The van der Waals surface area contributed by atoms with Gasteiger partial charge >= 0.3 is 6.03 Å². The molecule has 0 saturated carbocycles. The number of urea groups is 1. The number of guanidine groups is 1. The maximum absolute atomic E-state index is 14.5. The number of para-hydroxylation sites is 1. The molecular formula is C63H82N16O13. The lowest BCUT2D eigenvalue weighted by Gasteiger charge is -2.38. The van der Waals surface area contributed by atoms with Crippen LogP contribution in [0.1, 0.15) is 81.2 Å². The van der Waals surface area contributed by atoms with E-state index in [1.807, 2.05) is 24.3 Å².